The van der Waals surface area contributed by atoms with Crippen LogP contribution in [0.2, 0.25) is 0 Å². The van der Waals surface area contributed by atoms with Crippen molar-refractivity contribution in [3.8, 4) is 22.7 Å². The predicted octanol–water partition coefficient (Wildman–Crippen LogP) is 2.97. The second kappa shape index (κ2) is 5.48. The molecule has 0 aliphatic heterocycles. The maximum atomic E-state index is 13.4. The van der Waals surface area contributed by atoms with Gasteiger partial charge in [0.1, 0.15) is 17.3 Å². The van der Waals surface area contributed by atoms with Crippen molar-refractivity contribution in [3.05, 3.63) is 53.8 Å². The Kier molecular flexibility index (Phi) is 3.50. The van der Waals surface area contributed by atoms with Crippen molar-refractivity contribution in [2.45, 2.75) is 6.92 Å². The van der Waals surface area contributed by atoms with Gasteiger partial charge in [0, 0.05) is 5.56 Å². The fraction of sp³-hybridized carbons (Fsp3) is 0.125. The van der Waals surface area contributed by atoms with Crippen LogP contribution in [0.4, 0.5) is 10.2 Å². The molecule has 3 rings (SSSR count). The van der Waals surface area contributed by atoms with E-state index in [2.05, 4.69) is 10.3 Å². The Morgan fingerprint density at radius 3 is 2.73 bits per heavy atom. The zero-order valence-corrected chi connectivity index (χ0v) is 12.2. The molecule has 22 heavy (non-hydrogen) atoms. The molecule has 5 nitrogen and oxygen atoms in total. The highest BCUT2D eigenvalue weighted by molar-refractivity contribution is 5.76. The average molecular weight is 298 g/mol. The molecule has 0 bridgehead atoms. The number of ether oxygens (including phenoxy) is 1. The number of halogens is 1. The van der Waals surface area contributed by atoms with Crippen molar-refractivity contribution < 1.29 is 9.13 Å². The Morgan fingerprint density at radius 1 is 1.18 bits per heavy atom. The monoisotopic (exact) mass is 298 g/mol. The number of hydrogen-bond acceptors (Lipinski definition) is 4. The number of aromatic nitrogens is 3. The predicted molar refractivity (Wildman–Crippen MR) is 82.5 cm³/mol. The van der Waals surface area contributed by atoms with Gasteiger partial charge >= 0.3 is 0 Å². The molecule has 2 aromatic carbocycles. The van der Waals surface area contributed by atoms with Crippen LogP contribution in [-0.2, 0) is 0 Å². The largest absolute Gasteiger partial charge is 0.496 e. The second-order valence-corrected chi connectivity index (χ2v) is 4.92. The average Bonchev–Trinajstić information content (AvgIpc) is 2.89. The van der Waals surface area contributed by atoms with Gasteiger partial charge in [-0.3, -0.25) is 0 Å². The molecular formula is C16H15FN4O. The van der Waals surface area contributed by atoms with Crippen molar-refractivity contribution in [2.75, 3.05) is 12.8 Å². The first-order chi connectivity index (χ1) is 10.6. The summed E-state index contributed by atoms with van der Waals surface area (Å²) >= 11 is 0. The van der Waals surface area contributed by atoms with E-state index in [-0.39, 0.29) is 5.82 Å². The summed E-state index contributed by atoms with van der Waals surface area (Å²) in [5.41, 5.74) is 8.98. The van der Waals surface area contributed by atoms with Gasteiger partial charge in [-0.25, -0.2) is 4.39 Å². The van der Waals surface area contributed by atoms with Crippen LogP contribution in [0.15, 0.2) is 42.5 Å². The van der Waals surface area contributed by atoms with Crippen molar-refractivity contribution >= 4 is 5.82 Å². The first-order valence-corrected chi connectivity index (χ1v) is 6.72. The SMILES string of the molecule is COc1ccc(C)cc1-c1nnn(-c2cccc(F)c2)c1N. The summed E-state index contributed by atoms with van der Waals surface area (Å²) in [7, 11) is 1.58. The van der Waals surface area contributed by atoms with Crippen LogP contribution in [0.5, 0.6) is 5.75 Å². The molecule has 0 atom stereocenters. The molecule has 6 heteroatoms. The normalized spacial score (nSPS) is 10.7. The van der Waals surface area contributed by atoms with E-state index in [1.807, 2.05) is 25.1 Å². The van der Waals surface area contributed by atoms with Crippen LogP contribution >= 0.6 is 0 Å². The van der Waals surface area contributed by atoms with E-state index >= 15 is 0 Å². The maximum absolute atomic E-state index is 13.4. The Morgan fingerprint density at radius 2 is 2.00 bits per heavy atom. The third kappa shape index (κ3) is 2.39. The Balaban J connectivity index is 2.14. The van der Waals surface area contributed by atoms with Crippen molar-refractivity contribution in [2.24, 2.45) is 0 Å². The minimum Gasteiger partial charge on any atom is -0.496 e. The summed E-state index contributed by atoms with van der Waals surface area (Å²) in [5.74, 6) is 0.625. The number of methoxy groups -OCH3 is 1. The first kappa shape index (κ1) is 14.1. The van der Waals surface area contributed by atoms with Gasteiger partial charge in [-0.1, -0.05) is 22.9 Å². The third-order valence-electron chi connectivity index (χ3n) is 3.37. The fourth-order valence-corrected chi connectivity index (χ4v) is 2.29. The van der Waals surface area contributed by atoms with Crippen molar-refractivity contribution in [3.63, 3.8) is 0 Å². The fourth-order valence-electron chi connectivity index (χ4n) is 2.29. The Bertz CT molecular complexity index is 829. The summed E-state index contributed by atoms with van der Waals surface area (Å²) in [5, 5.41) is 8.16. The zero-order chi connectivity index (χ0) is 15.7. The minimum atomic E-state index is -0.359. The zero-order valence-electron chi connectivity index (χ0n) is 12.2. The molecule has 0 spiro atoms. The van der Waals surface area contributed by atoms with Crippen molar-refractivity contribution in [1.29, 1.82) is 0 Å². The summed E-state index contributed by atoms with van der Waals surface area (Å²) in [6, 6.07) is 11.7. The molecule has 3 aromatic rings. The van der Waals surface area contributed by atoms with E-state index in [4.69, 9.17) is 10.5 Å². The lowest BCUT2D eigenvalue weighted by molar-refractivity contribution is 0.416. The summed E-state index contributed by atoms with van der Waals surface area (Å²) in [6.45, 7) is 1.97. The minimum absolute atomic E-state index is 0.328. The van der Waals surface area contributed by atoms with Gasteiger partial charge in [-0.2, -0.15) is 4.68 Å². The molecule has 0 aliphatic rings. The Labute approximate surface area is 127 Å². The van der Waals surface area contributed by atoms with E-state index in [1.165, 1.54) is 16.8 Å². The lowest BCUT2D eigenvalue weighted by atomic mass is 10.1. The molecule has 0 aliphatic carbocycles. The summed E-state index contributed by atoms with van der Waals surface area (Å²) < 4.78 is 20.1. The van der Waals surface area contributed by atoms with Gasteiger partial charge in [0.2, 0.25) is 0 Å². The van der Waals surface area contributed by atoms with Crippen LogP contribution in [0, 0.1) is 12.7 Å². The van der Waals surface area contributed by atoms with Crippen LogP contribution in [-0.4, -0.2) is 22.1 Å². The molecule has 112 valence electrons. The third-order valence-corrected chi connectivity index (χ3v) is 3.37. The van der Waals surface area contributed by atoms with Gasteiger partial charge in [0.25, 0.3) is 0 Å². The molecule has 0 unspecified atom stereocenters. The lowest BCUT2D eigenvalue weighted by Gasteiger charge is -2.08. The second-order valence-electron chi connectivity index (χ2n) is 4.92. The van der Waals surface area contributed by atoms with Crippen molar-refractivity contribution in [1.82, 2.24) is 15.0 Å². The standard InChI is InChI=1S/C16H15FN4O/c1-10-6-7-14(22-2)13(8-10)15-16(18)21(20-19-15)12-5-3-4-11(17)9-12/h3-9H,18H2,1-2H3. The highest BCUT2D eigenvalue weighted by atomic mass is 19.1. The number of nitrogens with two attached hydrogens (primary N) is 1. The van der Waals surface area contributed by atoms with Gasteiger partial charge in [-0.05, 0) is 37.3 Å². The number of hydrogen-bond donors (Lipinski definition) is 1. The molecule has 0 saturated carbocycles. The van der Waals surface area contributed by atoms with Crippen LogP contribution in [0.3, 0.4) is 0 Å². The first-order valence-electron chi connectivity index (χ1n) is 6.72. The Hall–Kier alpha value is -2.89. The smallest absolute Gasteiger partial charge is 0.156 e. The number of rotatable bonds is 3. The number of anilines is 1. The highest BCUT2D eigenvalue weighted by Crippen LogP contribution is 2.33. The van der Waals surface area contributed by atoms with Gasteiger partial charge in [-0.15, -0.1) is 5.10 Å². The molecule has 0 amide bonds. The van der Waals surface area contributed by atoms with E-state index in [1.54, 1.807) is 19.2 Å². The van der Waals surface area contributed by atoms with E-state index in [0.29, 0.717) is 22.9 Å². The van der Waals surface area contributed by atoms with E-state index in [0.717, 1.165) is 11.1 Å². The lowest BCUT2D eigenvalue weighted by Crippen LogP contribution is -2.02. The molecular weight excluding hydrogens is 283 g/mol. The molecule has 0 saturated heterocycles. The number of benzene rings is 2. The highest BCUT2D eigenvalue weighted by Gasteiger charge is 2.17. The molecule has 2 N–H and O–H groups in total. The van der Waals surface area contributed by atoms with Crippen LogP contribution in [0.25, 0.3) is 16.9 Å². The summed E-state index contributed by atoms with van der Waals surface area (Å²) in [6.07, 6.45) is 0. The number of nitrogens with zero attached hydrogens (tertiary/aromatic N) is 3. The number of nitrogen functional groups attached to an aromatic ring is 1. The molecule has 1 aromatic heterocycles. The van der Waals surface area contributed by atoms with Gasteiger partial charge < -0.3 is 10.5 Å². The molecule has 1 heterocycles. The van der Waals surface area contributed by atoms with Crippen LogP contribution in [0.1, 0.15) is 5.56 Å². The summed E-state index contributed by atoms with van der Waals surface area (Å²) in [4.78, 5) is 0. The maximum Gasteiger partial charge on any atom is 0.156 e. The number of aryl methyl sites for hydroxylation is 1. The van der Waals surface area contributed by atoms with Gasteiger partial charge in [0.15, 0.2) is 5.82 Å². The topological polar surface area (TPSA) is 66.0 Å². The quantitative estimate of drug-likeness (QED) is 0.807. The van der Waals surface area contributed by atoms with Gasteiger partial charge in [0.05, 0.1) is 12.8 Å². The molecule has 0 radical (unpaired) electrons. The van der Waals surface area contributed by atoms with E-state index in [9.17, 15) is 4.39 Å². The molecule has 0 fully saturated rings. The van der Waals surface area contributed by atoms with E-state index < -0.39 is 0 Å². The van der Waals surface area contributed by atoms with Crippen LogP contribution < -0.4 is 10.5 Å².